The zero-order valence-corrected chi connectivity index (χ0v) is 14.3. The summed E-state index contributed by atoms with van der Waals surface area (Å²) >= 11 is 0. The van der Waals surface area contributed by atoms with Crippen LogP contribution in [-0.4, -0.2) is 62.3 Å². The first kappa shape index (κ1) is 17.9. The Kier molecular flexibility index (Phi) is 5.74. The van der Waals surface area contributed by atoms with Gasteiger partial charge in [0.15, 0.2) is 0 Å². The molecule has 8 heteroatoms. The van der Waals surface area contributed by atoms with Crippen molar-refractivity contribution in [2.24, 2.45) is 5.73 Å². The number of benzene rings is 1. The van der Waals surface area contributed by atoms with Gasteiger partial charge in [0, 0.05) is 31.9 Å². The Morgan fingerprint density at radius 2 is 1.96 bits per heavy atom. The maximum atomic E-state index is 12.7. The minimum Gasteiger partial charge on any atom is -0.325 e. The monoisotopic (exact) mass is 340 g/mol. The molecule has 0 bridgehead atoms. The number of piperazine rings is 1. The zero-order chi connectivity index (χ0) is 17.0. The number of anilines is 1. The second-order valence-corrected chi connectivity index (χ2v) is 7.58. The smallest absolute Gasteiger partial charge is 0.243 e. The van der Waals surface area contributed by atoms with Crippen molar-refractivity contribution in [1.82, 2.24) is 9.21 Å². The molecule has 0 spiro atoms. The molecule has 0 saturated carbocycles. The Balaban J connectivity index is 2.15. The van der Waals surface area contributed by atoms with Gasteiger partial charge in [-0.05, 0) is 31.7 Å². The molecule has 1 fully saturated rings. The predicted octanol–water partition coefficient (Wildman–Crippen LogP) is 0.299. The van der Waals surface area contributed by atoms with Crippen LogP contribution in [0, 0.1) is 0 Å². The summed E-state index contributed by atoms with van der Waals surface area (Å²) in [6.45, 7) is 6.98. The van der Waals surface area contributed by atoms with Crippen LogP contribution in [0.4, 0.5) is 5.69 Å². The summed E-state index contributed by atoms with van der Waals surface area (Å²) in [5.74, 6) is -0.351. The van der Waals surface area contributed by atoms with Crippen LogP contribution in [0.5, 0.6) is 0 Å². The molecular formula is C15H24N4O3S. The zero-order valence-electron chi connectivity index (χ0n) is 13.5. The SMILES string of the molecule is CCN1CCN(S(=O)(=O)c2cccc(NC(=O)C(C)N)c2)CC1. The standard InChI is InChI=1S/C15H24N4O3S/c1-3-18-7-9-19(10-8-18)23(21,22)14-6-4-5-13(11-14)17-15(20)12(2)16/h4-6,11-12H,3,7-10,16H2,1-2H3,(H,17,20). The first-order valence-electron chi connectivity index (χ1n) is 7.73. The molecule has 0 aromatic heterocycles. The van der Waals surface area contributed by atoms with Crippen molar-refractivity contribution in [2.45, 2.75) is 24.8 Å². The molecule has 1 saturated heterocycles. The van der Waals surface area contributed by atoms with E-state index in [0.29, 0.717) is 18.8 Å². The normalized spacial score (nSPS) is 18.6. The van der Waals surface area contributed by atoms with Crippen molar-refractivity contribution in [3.63, 3.8) is 0 Å². The highest BCUT2D eigenvalue weighted by atomic mass is 32.2. The van der Waals surface area contributed by atoms with Crippen LogP contribution >= 0.6 is 0 Å². The molecular weight excluding hydrogens is 316 g/mol. The van der Waals surface area contributed by atoms with Gasteiger partial charge in [-0.15, -0.1) is 0 Å². The van der Waals surface area contributed by atoms with Gasteiger partial charge in [0.1, 0.15) is 0 Å². The molecule has 3 N–H and O–H groups in total. The number of amides is 1. The van der Waals surface area contributed by atoms with E-state index in [1.54, 1.807) is 25.1 Å². The fourth-order valence-corrected chi connectivity index (χ4v) is 3.89. The molecule has 1 aliphatic heterocycles. The minimum atomic E-state index is -3.55. The molecule has 1 aromatic carbocycles. The van der Waals surface area contributed by atoms with Crippen LogP contribution in [0.25, 0.3) is 0 Å². The van der Waals surface area contributed by atoms with Crippen molar-refractivity contribution in [3.8, 4) is 0 Å². The van der Waals surface area contributed by atoms with Gasteiger partial charge in [-0.25, -0.2) is 8.42 Å². The average molecular weight is 340 g/mol. The van der Waals surface area contributed by atoms with Gasteiger partial charge in [0.2, 0.25) is 15.9 Å². The molecule has 0 aliphatic carbocycles. The van der Waals surface area contributed by atoms with Gasteiger partial charge in [-0.3, -0.25) is 4.79 Å². The van der Waals surface area contributed by atoms with Gasteiger partial charge in [-0.2, -0.15) is 4.31 Å². The number of hydrogen-bond acceptors (Lipinski definition) is 5. The van der Waals surface area contributed by atoms with Gasteiger partial charge < -0.3 is 16.0 Å². The lowest BCUT2D eigenvalue weighted by molar-refractivity contribution is -0.117. The summed E-state index contributed by atoms with van der Waals surface area (Å²) in [5, 5.41) is 2.62. The second-order valence-electron chi connectivity index (χ2n) is 5.64. The first-order chi connectivity index (χ1) is 10.8. The van der Waals surface area contributed by atoms with E-state index in [4.69, 9.17) is 5.73 Å². The van der Waals surface area contributed by atoms with Crippen LogP contribution in [-0.2, 0) is 14.8 Å². The van der Waals surface area contributed by atoms with E-state index in [0.717, 1.165) is 19.6 Å². The predicted molar refractivity (Wildman–Crippen MR) is 89.6 cm³/mol. The number of nitrogens with zero attached hydrogens (tertiary/aromatic N) is 2. The number of hydrogen-bond donors (Lipinski definition) is 2. The van der Waals surface area contributed by atoms with Crippen molar-refractivity contribution in [2.75, 3.05) is 38.0 Å². The minimum absolute atomic E-state index is 0.185. The summed E-state index contributed by atoms with van der Waals surface area (Å²) in [6, 6.07) is 5.63. The van der Waals surface area contributed by atoms with Crippen molar-refractivity contribution in [3.05, 3.63) is 24.3 Å². The topological polar surface area (TPSA) is 95.7 Å². The molecule has 1 heterocycles. The lowest BCUT2D eigenvalue weighted by Gasteiger charge is -2.33. The van der Waals surface area contributed by atoms with Crippen LogP contribution < -0.4 is 11.1 Å². The maximum Gasteiger partial charge on any atom is 0.243 e. The van der Waals surface area contributed by atoms with E-state index in [2.05, 4.69) is 17.1 Å². The van der Waals surface area contributed by atoms with Gasteiger partial charge in [0.25, 0.3) is 0 Å². The molecule has 1 unspecified atom stereocenters. The molecule has 0 radical (unpaired) electrons. The summed E-state index contributed by atoms with van der Waals surface area (Å²) in [7, 11) is -3.55. The number of likely N-dealkylation sites (N-methyl/N-ethyl adjacent to an activating group) is 1. The molecule has 23 heavy (non-hydrogen) atoms. The third-order valence-electron chi connectivity index (χ3n) is 3.93. The molecule has 2 rings (SSSR count). The number of carbonyl (C=O) groups is 1. The van der Waals surface area contributed by atoms with Crippen molar-refractivity contribution < 1.29 is 13.2 Å². The number of sulfonamides is 1. The quantitative estimate of drug-likeness (QED) is 0.804. The summed E-state index contributed by atoms with van der Waals surface area (Å²) in [5.41, 5.74) is 5.94. The Morgan fingerprint density at radius 1 is 1.30 bits per heavy atom. The molecule has 7 nitrogen and oxygen atoms in total. The molecule has 1 amide bonds. The Morgan fingerprint density at radius 3 is 2.52 bits per heavy atom. The highest BCUT2D eigenvalue weighted by Gasteiger charge is 2.28. The van der Waals surface area contributed by atoms with Crippen molar-refractivity contribution >= 4 is 21.6 Å². The third-order valence-corrected chi connectivity index (χ3v) is 5.83. The van der Waals surface area contributed by atoms with E-state index in [1.807, 2.05) is 0 Å². The number of nitrogens with two attached hydrogens (primary N) is 1. The maximum absolute atomic E-state index is 12.7. The van der Waals surface area contributed by atoms with Gasteiger partial charge in [0.05, 0.1) is 10.9 Å². The summed E-state index contributed by atoms with van der Waals surface area (Å²) in [6.07, 6.45) is 0. The number of carbonyl (C=O) groups excluding carboxylic acids is 1. The highest BCUT2D eigenvalue weighted by Crippen LogP contribution is 2.21. The largest absolute Gasteiger partial charge is 0.325 e. The number of nitrogens with one attached hydrogen (secondary N) is 1. The van der Waals surface area contributed by atoms with E-state index in [-0.39, 0.29) is 10.8 Å². The lowest BCUT2D eigenvalue weighted by atomic mass is 10.3. The lowest BCUT2D eigenvalue weighted by Crippen LogP contribution is -2.48. The fraction of sp³-hybridized carbons (Fsp3) is 0.533. The Labute approximate surface area is 137 Å². The summed E-state index contributed by atoms with van der Waals surface area (Å²) in [4.78, 5) is 14.0. The van der Waals surface area contributed by atoms with Crippen LogP contribution in [0.2, 0.25) is 0 Å². The molecule has 1 aromatic rings. The van der Waals surface area contributed by atoms with Crippen LogP contribution in [0.15, 0.2) is 29.2 Å². The van der Waals surface area contributed by atoms with Crippen LogP contribution in [0.1, 0.15) is 13.8 Å². The van der Waals surface area contributed by atoms with Crippen LogP contribution in [0.3, 0.4) is 0 Å². The molecule has 1 aliphatic rings. The van der Waals surface area contributed by atoms with Gasteiger partial charge >= 0.3 is 0 Å². The van der Waals surface area contributed by atoms with E-state index < -0.39 is 16.1 Å². The second kappa shape index (κ2) is 7.39. The van der Waals surface area contributed by atoms with Gasteiger partial charge in [-0.1, -0.05) is 13.0 Å². The van der Waals surface area contributed by atoms with E-state index in [1.165, 1.54) is 10.4 Å². The summed E-state index contributed by atoms with van der Waals surface area (Å²) < 4.78 is 26.9. The first-order valence-corrected chi connectivity index (χ1v) is 9.17. The Bertz CT molecular complexity index is 652. The fourth-order valence-electron chi connectivity index (χ4n) is 2.43. The highest BCUT2D eigenvalue weighted by molar-refractivity contribution is 7.89. The molecule has 1 atom stereocenters. The Hall–Kier alpha value is -1.48. The van der Waals surface area contributed by atoms with E-state index in [9.17, 15) is 13.2 Å². The van der Waals surface area contributed by atoms with Crippen molar-refractivity contribution in [1.29, 1.82) is 0 Å². The average Bonchev–Trinajstić information content (AvgIpc) is 2.55. The van der Waals surface area contributed by atoms with E-state index >= 15 is 0 Å². The number of rotatable bonds is 5. The molecule has 128 valence electrons. The third kappa shape index (κ3) is 4.29.